The highest BCUT2D eigenvalue weighted by molar-refractivity contribution is 6.02. The Morgan fingerprint density at radius 3 is 3.13 bits per heavy atom. The number of oxime groups is 1. The first-order valence-corrected chi connectivity index (χ1v) is 4.67. The van der Waals surface area contributed by atoms with E-state index in [2.05, 4.69) is 10.3 Å². The van der Waals surface area contributed by atoms with Crippen molar-refractivity contribution >= 4 is 11.7 Å². The van der Waals surface area contributed by atoms with Gasteiger partial charge in [0.25, 0.3) is 0 Å². The predicted octanol–water partition coefficient (Wildman–Crippen LogP) is -0.854. The molecule has 1 aliphatic heterocycles. The van der Waals surface area contributed by atoms with E-state index in [4.69, 9.17) is 4.84 Å². The number of hydrogen-bond donors (Lipinski definition) is 0. The lowest BCUT2D eigenvalue weighted by Crippen LogP contribution is -2.35. The maximum atomic E-state index is 10.5. The summed E-state index contributed by atoms with van der Waals surface area (Å²) >= 11 is 0. The molecule has 0 aliphatic carbocycles. The summed E-state index contributed by atoms with van der Waals surface area (Å²) in [6.45, 7) is 2.73. The Hall–Kier alpha value is -1.85. The maximum absolute atomic E-state index is 10.5. The van der Waals surface area contributed by atoms with Crippen molar-refractivity contribution in [1.82, 2.24) is 9.78 Å². The second-order valence-electron chi connectivity index (χ2n) is 3.24. The number of carbonyl (C=O) groups is 1. The molecule has 2 rings (SSSR count). The summed E-state index contributed by atoms with van der Waals surface area (Å²) in [7, 11) is 0. The predicted molar refractivity (Wildman–Crippen MR) is 48.9 cm³/mol. The number of carbonyl (C=O) groups excluding carboxylic acids is 1. The van der Waals surface area contributed by atoms with E-state index >= 15 is 0 Å². The Balaban J connectivity index is 2.10. The van der Waals surface area contributed by atoms with Gasteiger partial charge in [-0.2, -0.15) is 5.10 Å². The van der Waals surface area contributed by atoms with Gasteiger partial charge in [-0.3, -0.25) is 4.68 Å². The summed E-state index contributed by atoms with van der Waals surface area (Å²) in [4.78, 5) is 15.2. The van der Waals surface area contributed by atoms with Gasteiger partial charge in [-0.05, 0) is 6.92 Å². The summed E-state index contributed by atoms with van der Waals surface area (Å²) in [5.41, 5.74) is 1.39. The van der Waals surface area contributed by atoms with Gasteiger partial charge < -0.3 is 14.7 Å². The summed E-state index contributed by atoms with van der Waals surface area (Å²) in [5.74, 6) is -1.24. The van der Waals surface area contributed by atoms with Crippen molar-refractivity contribution in [1.29, 1.82) is 0 Å². The first-order chi connectivity index (χ1) is 7.20. The van der Waals surface area contributed by atoms with E-state index in [1.807, 2.05) is 6.92 Å². The highest BCUT2D eigenvalue weighted by Gasteiger charge is 2.23. The standard InChI is InChI=1S/C9H11N3O3/c1-2-12-5-6(4-10-12)7-3-8(9(13)14)15-11-7/h4-5,8H,2-3H2,1H3,(H,13,14)/p-1/t8-/m1/s1. The first kappa shape index (κ1) is 9.70. The first-order valence-electron chi connectivity index (χ1n) is 4.67. The number of hydrogen-bond acceptors (Lipinski definition) is 5. The molecular formula is C9H10N3O3-. The van der Waals surface area contributed by atoms with Crippen LogP contribution < -0.4 is 5.11 Å². The second kappa shape index (κ2) is 3.72. The molecule has 2 heterocycles. The highest BCUT2D eigenvalue weighted by atomic mass is 16.7. The van der Waals surface area contributed by atoms with Crippen molar-refractivity contribution in [2.75, 3.05) is 0 Å². The number of aromatic nitrogens is 2. The van der Waals surface area contributed by atoms with Gasteiger partial charge in [0.05, 0.1) is 17.9 Å². The minimum Gasteiger partial charge on any atom is -0.546 e. The Kier molecular flexibility index (Phi) is 2.40. The van der Waals surface area contributed by atoms with Gasteiger partial charge in [0, 0.05) is 24.7 Å². The van der Waals surface area contributed by atoms with Crippen LogP contribution in [-0.4, -0.2) is 27.6 Å². The third-order valence-electron chi connectivity index (χ3n) is 2.22. The molecule has 0 fully saturated rings. The van der Waals surface area contributed by atoms with Crippen LogP contribution in [0.25, 0.3) is 0 Å². The molecule has 6 nitrogen and oxygen atoms in total. The average molecular weight is 208 g/mol. The fraction of sp³-hybridized carbons (Fsp3) is 0.444. The Morgan fingerprint density at radius 1 is 1.80 bits per heavy atom. The molecule has 0 bridgehead atoms. The minimum atomic E-state index is -1.24. The van der Waals surface area contributed by atoms with Gasteiger partial charge in [-0.1, -0.05) is 5.16 Å². The molecule has 6 heteroatoms. The van der Waals surface area contributed by atoms with Crippen LogP contribution in [-0.2, 0) is 16.2 Å². The number of aliphatic carboxylic acids is 1. The summed E-state index contributed by atoms with van der Waals surface area (Å²) < 4.78 is 1.74. The quantitative estimate of drug-likeness (QED) is 0.647. The molecule has 0 aromatic carbocycles. The molecule has 0 unspecified atom stereocenters. The van der Waals surface area contributed by atoms with Gasteiger partial charge >= 0.3 is 0 Å². The third-order valence-corrected chi connectivity index (χ3v) is 2.22. The van der Waals surface area contributed by atoms with Gasteiger partial charge in [-0.25, -0.2) is 0 Å². The fourth-order valence-corrected chi connectivity index (χ4v) is 1.36. The van der Waals surface area contributed by atoms with Gasteiger partial charge in [0.1, 0.15) is 0 Å². The number of rotatable bonds is 3. The van der Waals surface area contributed by atoms with Crippen molar-refractivity contribution in [3.8, 4) is 0 Å². The Labute approximate surface area is 86.1 Å². The molecule has 1 aliphatic rings. The molecule has 15 heavy (non-hydrogen) atoms. The molecule has 0 saturated carbocycles. The molecule has 0 amide bonds. The highest BCUT2D eigenvalue weighted by Crippen LogP contribution is 2.15. The number of aryl methyl sites for hydroxylation is 1. The van der Waals surface area contributed by atoms with Gasteiger partial charge in [-0.15, -0.1) is 0 Å². The molecule has 1 aromatic rings. The minimum absolute atomic E-state index is 0.234. The Bertz CT molecular complexity index is 410. The smallest absolute Gasteiger partial charge is 0.172 e. The van der Waals surface area contributed by atoms with Crippen LogP contribution in [0.5, 0.6) is 0 Å². The zero-order chi connectivity index (χ0) is 10.8. The zero-order valence-electron chi connectivity index (χ0n) is 8.21. The SMILES string of the molecule is CCn1cc(C2=NO[C@@H](C(=O)[O-])C2)cn1. The monoisotopic (exact) mass is 208 g/mol. The lowest BCUT2D eigenvalue weighted by atomic mass is 10.1. The lowest BCUT2D eigenvalue weighted by molar-refractivity contribution is -0.315. The van der Waals surface area contributed by atoms with Crippen LogP contribution in [0.2, 0.25) is 0 Å². The van der Waals surface area contributed by atoms with Gasteiger partial charge in [0.15, 0.2) is 6.10 Å². The van der Waals surface area contributed by atoms with Gasteiger partial charge in [0.2, 0.25) is 0 Å². The van der Waals surface area contributed by atoms with Crippen LogP contribution >= 0.6 is 0 Å². The lowest BCUT2D eigenvalue weighted by Gasteiger charge is -2.06. The topological polar surface area (TPSA) is 79.5 Å². The molecule has 80 valence electrons. The normalized spacial score (nSPS) is 19.8. The van der Waals surface area contributed by atoms with E-state index in [0.29, 0.717) is 5.71 Å². The summed E-state index contributed by atoms with van der Waals surface area (Å²) in [6, 6.07) is 0. The van der Waals surface area contributed by atoms with Crippen molar-refractivity contribution < 1.29 is 14.7 Å². The van der Waals surface area contributed by atoms with Crippen LogP contribution in [0.4, 0.5) is 0 Å². The molecule has 0 spiro atoms. The van der Waals surface area contributed by atoms with Crippen molar-refractivity contribution in [3.05, 3.63) is 18.0 Å². The average Bonchev–Trinajstić information content (AvgIpc) is 2.86. The van der Waals surface area contributed by atoms with Crippen molar-refractivity contribution in [2.45, 2.75) is 26.0 Å². The van der Waals surface area contributed by atoms with E-state index in [0.717, 1.165) is 12.1 Å². The number of nitrogens with zero attached hydrogens (tertiary/aromatic N) is 3. The fourth-order valence-electron chi connectivity index (χ4n) is 1.36. The van der Waals surface area contributed by atoms with Crippen LogP contribution in [0.3, 0.4) is 0 Å². The maximum Gasteiger partial charge on any atom is 0.172 e. The van der Waals surface area contributed by atoms with Crippen LogP contribution in [0.1, 0.15) is 18.9 Å². The van der Waals surface area contributed by atoms with E-state index in [1.54, 1.807) is 17.1 Å². The molecule has 0 saturated heterocycles. The van der Waals surface area contributed by atoms with E-state index < -0.39 is 12.1 Å². The number of carboxylic acid groups (broad SMARTS) is 1. The second-order valence-corrected chi connectivity index (χ2v) is 3.24. The largest absolute Gasteiger partial charge is 0.546 e. The number of carboxylic acids is 1. The van der Waals surface area contributed by atoms with E-state index in [9.17, 15) is 9.90 Å². The Morgan fingerprint density at radius 2 is 2.60 bits per heavy atom. The van der Waals surface area contributed by atoms with Crippen LogP contribution in [0, 0.1) is 0 Å². The van der Waals surface area contributed by atoms with Crippen molar-refractivity contribution in [3.63, 3.8) is 0 Å². The molecular weight excluding hydrogens is 198 g/mol. The molecule has 0 radical (unpaired) electrons. The molecule has 1 aromatic heterocycles. The summed E-state index contributed by atoms with van der Waals surface area (Å²) in [6.07, 6.45) is 2.71. The molecule has 1 atom stereocenters. The zero-order valence-corrected chi connectivity index (χ0v) is 8.21. The van der Waals surface area contributed by atoms with Crippen molar-refractivity contribution in [2.24, 2.45) is 5.16 Å². The summed E-state index contributed by atoms with van der Waals surface area (Å²) in [5, 5.41) is 18.3. The van der Waals surface area contributed by atoms with Crippen LogP contribution in [0.15, 0.2) is 17.5 Å². The third kappa shape index (κ3) is 1.83. The van der Waals surface area contributed by atoms with E-state index in [1.165, 1.54) is 0 Å². The molecule has 0 N–H and O–H groups in total. The van der Waals surface area contributed by atoms with E-state index in [-0.39, 0.29) is 6.42 Å².